The normalized spacial score (nSPS) is 21.9. The molecule has 2 atom stereocenters. The number of esters is 1. The first-order valence-corrected chi connectivity index (χ1v) is 5.93. The highest BCUT2D eigenvalue weighted by atomic mass is 16.5. The van der Waals surface area contributed by atoms with Gasteiger partial charge in [-0.2, -0.15) is 10.2 Å². The minimum Gasteiger partial charge on any atom is -0.497 e. The molecular weight excluding hydrogens is 232 g/mol. The Hall–Kier alpha value is -1.91. The van der Waals surface area contributed by atoms with Gasteiger partial charge in [-0.15, -0.1) is 0 Å². The first-order chi connectivity index (χ1) is 8.76. The zero-order valence-corrected chi connectivity index (χ0v) is 10.5. The minimum atomic E-state index is -0.515. The average Bonchev–Trinajstić information content (AvgIpc) is 2.88. The van der Waals surface area contributed by atoms with Crippen LogP contribution < -0.4 is 4.74 Å². The van der Waals surface area contributed by atoms with Crippen LogP contribution in [0.5, 0.6) is 5.75 Å². The molecule has 18 heavy (non-hydrogen) atoms. The van der Waals surface area contributed by atoms with Crippen molar-refractivity contribution in [2.45, 2.75) is 18.9 Å². The molecule has 0 fully saturated rings. The molecule has 1 aromatic rings. The monoisotopic (exact) mass is 248 g/mol. The number of hydrogen-bond donors (Lipinski definition) is 0. The van der Waals surface area contributed by atoms with E-state index in [1.807, 2.05) is 24.3 Å². The van der Waals surface area contributed by atoms with Crippen molar-refractivity contribution in [3.8, 4) is 5.75 Å². The first-order valence-electron chi connectivity index (χ1n) is 5.93. The summed E-state index contributed by atoms with van der Waals surface area (Å²) in [4.78, 5) is 11.8. The SMILES string of the molecule is CCOC(=O)[C@H]1N=NC[C@H]1c1ccc(OC)cc1. The zero-order chi connectivity index (χ0) is 13.0. The number of benzene rings is 1. The Morgan fingerprint density at radius 1 is 1.39 bits per heavy atom. The van der Waals surface area contributed by atoms with Crippen molar-refractivity contribution < 1.29 is 14.3 Å². The molecule has 5 heteroatoms. The quantitative estimate of drug-likeness (QED) is 0.767. The van der Waals surface area contributed by atoms with Gasteiger partial charge in [0.05, 0.1) is 20.3 Å². The van der Waals surface area contributed by atoms with Crippen LogP contribution in [0.25, 0.3) is 0 Å². The van der Waals surface area contributed by atoms with E-state index in [4.69, 9.17) is 9.47 Å². The predicted octanol–water partition coefficient (Wildman–Crippen LogP) is 2.18. The number of carbonyl (C=O) groups excluding carboxylic acids is 1. The number of hydrogen-bond acceptors (Lipinski definition) is 5. The third-order valence-electron chi connectivity index (χ3n) is 2.94. The summed E-state index contributed by atoms with van der Waals surface area (Å²) < 4.78 is 10.1. The van der Waals surface area contributed by atoms with Gasteiger partial charge in [-0.25, -0.2) is 4.79 Å². The lowest BCUT2D eigenvalue weighted by molar-refractivity contribution is -0.144. The zero-order valence-electron chi connectivity index (χ0n) is 10.5. The molecule has 0 bridgehead atoms. The van der Waals surface area contributed by atoms with Crippen molar-refractivity contribution in [3.05, 3.63) is 29.8 Å². The minimum absolute atomic E-state index is 0.0324. The Bertz CT molecular complexity index is 442. The van der Waals surface area contributed by atoms with Crippen LogP contribution in [0, 0.1) is 0 Å². The third-order valence-corrected chi connectivity index (χ3v) is 2.94. The predicted molar refractivity (Wildman–Crippen MR) is 65.9 cm³/mol. The largest absolute Gasteiger partial charge is 0.497 e. The maximum Gasteiger partial charge on any atom is 0.333 e. The van der Waals surface area contributed by atoms with E-state index in [9.17, 15) is 4.79 Å². The van der Waals surface area contributed by atoms with Crippen LogP contribution in [0.2, 0.25) is 0 Å². The standard InChI is InChI=1S/C13H16N2O3/c1-3-18-13(16)12-11(8-14-15-12)9-4-6-10(17-2)7-5-9/h4-7,11-12H,3,8H2,1-2H3/t11-,12-/m0/s1. The molecule has 1 aromatic carbocycles. The highest BCUT2D eigenvalue weighted by molar-refractivity contribution is 5.77. The Morgan fingerprint density at radius 2 is 2.11 bits per heavy atom. The van der Waals surface area contributed by atoms with Gasteiger partial charge in [0.2, 0.25) is 0 Å². The van der Waals surface area contributed by atoms with Crippen LogP contribution in [0.1, 0.15) is 18.4 Å². The number of methoxy groups -OCH3 is 1. The lowest BCUT2D eigenvalue weighted by Gasteiger charge is -2.15. The Balaban J connectivity index is 2.14. The van der Waals surface area contributed by atoms with Crippen molar-refractivity contribution >= 4 is 5.97 Å². The van der Waals surface area contributed by atoms with Crippen LogP contribution >= 0.6 is 0 Å². The molecule has 0 radical (unpaired) electrons. The van der Waals surface area contributed by atoms with Crippen molar-refractivity contribution in [1.82, 2.24) is 0 Å². The summed E-state index contributed by atoms with van der Waals surface area (Å²) >= 11 is 0. The fourth-order valence-corrected chi connectivity index (χ4v) is 1.98. The molecule has 1 aliphatic heterocycles. The summed E-state index contributed by atoms with van der Waals surface area (Å²) in [5.41, 5.74) is 1.03. The molecular formula is C13H16N2O3. The summed E-state index contributed by atoms with van der Waals surface area (Å²) in [6.07, 6.45) is 0. The van der Waals surface area contributed by atoms with E-state index in [-0.39, 0.29) is 11.9 Å². The fraction of sp³-hybridized carbons (Fsp3) is 0.462. The summed E-state index contributed by atoms with van der Waals surface area (Å²) in [7, 11) is 1.62. The summed E-state index contributed by atoms with van der Waals surface area (Å²) in [5, 5.41) is 7.94. The second-order valence-electron chi connectivity index (χ2n) is 4.02. The molecule has 96 valence electrons. The van der Waals surface area contributed by atoms with E-state index < -0.39 is 6.04 Å². The van der Waals surface area contributed by atoms with E-state index in [1.165, 1.54) is 0 Å². The van der Waals surface area contributed by atoms with Crippen LogP contribution in [0.15, 0.2) is 34.5 Å². The molecule has 0 aromatic heterocycles. The van der Waals surface area contributed by atoms with Gasteiger partial charge in [0, 0.05) is 5.92 Å². The number of ether oxygens (including phenoxy) is 2. The Morgan fingerprint density at radius 3 is 2.72 bits per heavy atom. The van der Waals surface area contributed by atoms with Crippen LogP contribution in [0.4, 0.5) is 0 Å². The molecule has 5 nitrogen and oxygen atoms in total. The maximum atomic E-state index is 11.8. The van der Waals surface area contributed by atoms with Gasteiger partial charge in [-0.05, 0) is 24.6 Å². The molecule has 0 aliphatic carbocycles. The van der Waals surface area contributed by atoms with E-state index >= 15 is 0 Å². The van der Waals surface area contributed by atoms with Crippen molar-refractivity contribution in [1.29, 1.82) is 0 Å². The molecule has 1 heterocycles. The van der Waals surface area contributed by atoms with Crippen molar-refractivity contribution in [2.24, 2.45) is 10.2 Å². The molecule has 2 rings (SSSR count). The highest BCUT2D eigenvalue weighted by Crippen LogP contribution is 2.29. The van der Waals surface area contributed by atoms with Gasteiger partial charge in [-0.1, -0.05) is 12.1 Å². The molecule has 0 saturated heterocycles. The highest BCUT2D eigenvalue weighted by Gasteiger charge is 2.34. The van der Waals surface area contributed by atoms with Crippen LogP contribution in [-0.2, 0) is 9.53 Å². The molecule has 1 aliphatic rings. The van der Waals surface area contributed by atoms with Gasteiger partial charge >= 0.3 is 5.97 Å². The van der Waals surface area contributed by atoms with Gasteiger partial charge in [0.15, 0.2) is 6.04 Å². The second-order valence-corrected chi connectivity index (χ2v) is 4.02. The molecule has 0 saturated carbocycles. The third kappa shape index (κ3) is 2.50. The smallest absolute Gasteiger partial charge is 0.333 e. The number of nitrogens with zero attached hydrogens (tertiary/aromatic N) is 2. The number of rotatable bonds is 4. The Labute approximate surface area is 106 Å². The van der Waals surface area contributed by atoms with Crippen molar-refractivity contribution in [3.63, 3.8) is 0 Å². The second kappa shape index (κ2) is 5.62. The van der Waals surface area contributed by atoms with Crippen LogP contribution in [-0.4, -0.2) is 32.3 Å². The lowest BCUT2D eigenvalue weighted by Crippen LogP contribution is -2.26. The topological polar surface area (TPSA) is 60.2 Å². The van der Waals surface area contributed by atoms with E-state index in [0.717, 1.165) is 11.3 Å². The summed E-state index contributed by atoms with van der Waals surface area (Å²) in [6.45, 7) is 2.67. The Kier molecular flexibility index (Phi) is 3.92. The van der Waals surface area contributed by atoms with Crippen molar-refractivity contribution in [2.75, 3.05) is 20.3 Å². The number of carbonyl (C=O) groups is 1. The van der Waals surface area contributed by atoms with Gasteiger partial charge in [0.1, 0.15) is 5.75 Å². The lowest BCUT2D eigenvalue weighted by atomic mass is 9.93. The summed E-state index contributed by atoms with van der Waals surface area (Å²) in [6, 6.07) is 7.10. The van der Waals surface area contributed by atoms with Gasteiger partial charge in [0.25, 0.3) is 0 Å². The van der Waals surface area contributed by atoms with E-state index in [1.54, 1.807) is 14.0 Å². The molecule has 0 N–H and O–H groups in total. The van der Waals surface area contributed by atoms with Gasteiger partial charge in [-0.3, -0.25) is 0 Å². The first kappa shape index (κ1) is 12.5. The molecule has 0 amide bonds. The average molecular weight is 248 g/mol. The molecule has 0 spiro atoms. The molecule has 0 unspecified atom stereocenters. The maximum absolute atomic E-state index is 11.8. The fourth-order valence-electron chi connectivity index (χ4n) is 1.98. The van der Waals surface area contributed by atoms with Crippen LogP contribution in [0.3, 0.4) is 0 Å². The van der Waals surface area contributed by atoms with Gasteiger partial charge < -0.3 is 9.47 Å². The van der Waals surface area contributed by atoms with E-state index in [2.05, 4.69) is 10.2 Å². The van der Waals surface area contributed by atoms with E-state index in [0.29, 0.717) is 13.2 Å². The number of azo groups is 1. The summed E-state index contributed by atoms with van der Waals surface area (Å²) in [5.74, 6) is 0.452.